The maximum absolute atomic E-state index is 5.81. The van der Waals surface area contributed by atoms with Crippen molar-refractivity contribution in [1.29, 1.82) is 0 Å². The average Bonchev–Trinajstić information content (AvgIpc) is 2.58. The van der Waals surface area contributed by atoms with E-state index in [1.807, 2.05) is 0 Å². The smallest absolute Gasteiger partial charge is 0.106 e. The zero-order valence-electron chi connectivity index (χ0n) is 9.92. The summed E-state index contributed by atoms with van der Waals surface area (Å²) in [5.74, 6) is 0. The summed E-state index contributed by atoms with van der Waals surface area (Å²) in [6, 6.07) is 4.51. The van der Waals surface area contributed by atoms with Gasteiger partial charge in [-0.1, -0.05) is 12.1 Å². The zero-order chi connectivity index (χ0) is 11.0. The lowest BCUT2D eigenvalue weighted by atomic mass is 9.97. The topological polar surface area (TPSA) is 21.3 Å². The molecule has 1 fully saturated rings. The van der Waals surface area contributed by atoms with E-state index in [0.29, 0.717) is 0 Å². The highest BCUT2D eigenvalue weighted by Gasteiger charge is 2.24. The molecule has 2 atom stereocenters. The van der Waals surface area contributed by atoms with Gasteiger partial charge in [-0.15, -0.1) is 0 Å². The fraction of sp³-hybridized carbons (Fsp3) is 0.538. The Balaban J connectivity index is 2.32. The molecule has 0 radical (unpaired) electrons. The Hall–Kier alpha value is -0.860. The Morgan fingerprint density at radius 3 is 2.40 bits per heavy atom. The lowest BCUT2D eigenvalue weighted by Gasteiger charge is -2.15. The molecule has 2 unspecified atom stereocenters. The molecule has 1 aromatic carbocycles. The van der Waals surface area contributed by atoms with Crippen molar-refractivity contribution >= 4 is 0 Å². The van der Waals surface area contributed by atoms with Crippen LogP contribution in [0.15, 0.2) is 12.1 Å². The summed E-state index contributed by atoms with van der Waals surface area (Å²) in [5, 5.41) is 3.31. The number of rotatable bonds is 1. The number of hydrogen-bond donors (Lipinski definition) is 1. The molecule has 1 N–H and O–H groups in total. The van der Waals surface area contributed by atoms with Gasteiger partial charge < -0.3 is 4.74 Å². The summed E-state index contributed by atoms with van der Waals surface area (Å²) in [5.41, 5.74) is 5.36. The maximum atomic E-state index is 5.81. The van der Waals surface area contributed by atoms with Crippen LogP contribution in [-0.2, 0) is 4.74 Å². The van der Waals surface area contributed by atoms with E-state index in [-0.39, 0.29) is 12.3 Å². The molecule has 15 heavy (non-hydrogen) atoms. The van der Waals surface area contributed by atoms with Crippen molar-refractivity contribution < 1.29 is 4.74 Å². The molecule has 0 amide bonds. The van der Waals surface area contributed by atoms with E-state index in [1.54, 1.807) is 0 Å². The van der Waals surface area contributed by atoms with Crippen molar-refractivity contribution in [3.05, 3.63) is 34.4 Å². The second kappa shape index (κ2) is 3.95. The predicted molar refractivity (Wildman–Crippen MR) is 61.9 cm³/mol. The van der Waals surface area contributed by atoms with Crippen LogP contribution in [0.5, 0.6) is 0 Å². The molecule has 0 spiro atoms. The van der Waals surface area contributed by atoms with Gasteiger partial charge in [-0.2, -0.15) is 0 Å². The number of hydrogen-bond acceptors (Lipinski definition) is 2. The number of benzene rings is 1. The fourth-order valence-electron chi connectivity index (χ4n) is 2.13. The minimum absolute atomic E-state index is 0.177. The van der Waals surface area contributed by atoms with Gasteiger partial charge in [0.05, 0.1) is 6.10 Å². The Kier molecular flexibility index (Phi) is 2.81. The van der Waals surface area contributed by atoms with Crippen LogP contribution in [0.2, 0.25) is 0 Å². The normalized spacial score (nSPS) is 25.9. The quantitative estimate of drug-likeness (QED) is 0.761. The summed E-state index contributed by atoms with van der Waals surface area (Å²) in [7, 11) is 0. The first-order valence-corrected chi connectivity index (χ1v) is 5.54. The highest BCUT2D eigenvalue weighted by atomic mass is 16.5. The van der Waals surface area contributed by atoms with Crippen LogP contribution in [0.1, 0.15) is 35.3 Å². The van der Waals surface area contributed by atoms with Gasteiger partial charge in [-0.3, -0.25) is 5.32 Å². The highest BCUT2D eigenvalue weighted by Crippen LogP contribution is 2.27. The van der Waals surface area contributed by atoms with E-state index >= 15 is 0 Å². The third-order valence-electron chi connectivity index (χ3n) is 3.19. The average molecular weight is 205 g/mol. The van der Waals surface area contributed by atoms with Crippen molar-refractivity contribution in [2.45, 2.75) is 40.0 Å². The predicted octanol–water partition coefficient (Wildman–Crippen LogP) is 2.62. The van der Waals surface area contributed by atoms with Crippen molar-refractivity contribution in [2.24, 2.45) is 0 Å². The Labute approximate surface area is 91.6 Å². The molecule has 1 aromatic rings. The molecule has 0 aromatic heterocycles. The highest BCUT2D eigenvalue weighted by molar-refractivity contribution is 5.38. The molecular weight excluding hydrogens is 186 g/mol. The van der Waals surface area contributed by atoms with Gasteiger partial charge in [-0.25, -0.2) is 0 Å². The van der Waals surface area contributed by atoms with E-state index < -0.39 is 0 Å². The van der Waals surface area contributed by atoms with Gasteiger partial charge in [0.15, 0.2) is 0 Å². The molecule has 2 nitrogen and oxygen atoms in total. The molecule has 1 saturated heterocycles. The lowest BCUT2D eigenvalue weighted by molar-refractivity contribution is 0.0526. The van der Waals surface area contributed by atoms with Gasteiger partial charge in [0.25, 0.3) is 0 Å². The number of nitrogens with one attached hydrogen (secondary N) is 1. The van der Waals surface area contributed by atoms with Crippen LogP contribution in [0.4, 0.5) is 0 Å². The van der Waals surface area contributed by atoms with Crippen molar-refractivity contribution in [3.8, 4) is 0 Å². The lowest BCUT2D eigenvalue weighted by Crippen LogP contribution is -2.17. The fourth-order valence-corrected chi connectivity index (χ4v) is 2.13. The first kappa shape index (κ1) is 10.7. The van der Waals surface area contributed by atoms with Gasteiger partial charge in [0.2, 0.25) is 0 Å². The zero-order valence-corrected chi connectivity index (χ0v) is 9.92. The van der Waals surface area contributed by atoms with Gasteiger partial charge >= 0.3 is 0 Å². The standard InChI is InChI=1S/C13H19NO/c1-8-5-10(3)12(6-9(8)2)13-7-14-11(4)15-13/h5-6,11,13-14H,7H2,1-4H3. The summed E-state index contributed by atoms with van der Waals surface area (Å²) >= 11 is 0. The minimum atomic E-state index is 0.177. The SMILES string of the molecule is Cc1cc(C)c(C2CNC(C)O2)cc1C. The first-order chi connectivity index (χ1) is 7.08. The van der Waals surface area contributed by atoms with E-state index in [9.17, 15) is 0 Å². The van der Waals surface area contributed by atoms with Crippen LogP contribution in [0.3, 0.4) is 0 Å². The molecule has 2 heteroatoms. The summed E-state index contributed by atoms with van der Waals surface area (Å²) in [6.45, 7) is 9.45. The molecule has 1 heterocycles. The molecule has 0 saturated carbocycles. The van der Waals surface area contributed by atoms with Crippen molar-refractivity contribution in [3.63, 3.8) is 0 Å². The van der Waals surface area contributed by atoms with E-state index in [0.717, 1.165) is 6.54 Å². The third-order valence-corrected chi connectivity index (χ3v) is 3.19. The van der Waals surface area contributed by atoms with Crippen molar-refractivity contribution in [2.75, 3.05) is 6.54 Å². The maximum Gasteiger partial charge on any atom is 0.106 e. The van der Waals surface area contributed by atoms with Gasteiger partial charge in [0.1, 0.15) is 6.23 Å². The Morgan fingerprint density at radius 1 is 1.13 bits per heavy atom. The Bertz CT molecular complexity index is 373. The molecule has 0 aliphatic carbocycles. The van der Waals surface area contributed by atoms with E-state index in [2.05, 4.69) is 45.1 Å². The summed E-state index contributed by atoms with van der Waals surface area (Å²) in [4.78, 5) is 0. The Morgan fingerprint density at radius 2 is 1.80 bits per heavy atom. The number of aryl methyl sites for hydroxylation is 3. The number of ether oxygens (including phenoxy) is 1. The van der Waals surface area contributed by atoms with Gasteiger partial charge in [-0.05, 0) is 49.9 Å². The second-order valence-corrected chi connectivity index (χ2v) is 4.47. The van der Waals surface area contributed by atoms with Gasteiger partial charge in [0, 0.05) is 6.54 Å². The van der Waals surface area contributed by atoms with Crippen LogP contribution in [0.25, 0.3) is 0 Å². The van der Waals surface area contributed by atoms with Crippen LogP contribution in [-0.4, -0.2) is 12.8 Å². The van der Waals surface area contributed by atoms with E-state index in [1.165, 1.54) is 22.3 Å². The first-order valence-electron chi connectivity index (χ1n) is 5.54. The molecule has 2 rings (SSSR count). The van der Waals surface area contributed by atoms with Crippen molar-refractivity contribution in [1.82, 2.24) is 5.32 Å². The largest absolute Gasteiger partial charge is 0.354 e. The summed E-state index contributed by atoms with van der Waals surface area (Å²) in [6.07, 6.45) is 0.398. The molecule has 0 bridgehead atoms. The van der Waals surface area contributed by atoms with Crippen LogP contribution >= 0.6 is 0 Å². The molecule has 1 aliphatic heterocycles. The monoisotopic (exact) mass is 205 g/mol. The van der Waals surface area contributed by atoms with Crippen LogP contribution in [0, 0.1) is 20.8 Å². The minimum Gasteiger partial charge on any atom is -0.354 e. The second-order valence-electron chi connectivity index (χ2n) is 4.47. The van der Waals surface area contributed by atoms with E-state index in [4.69, 9.17) is 4.74 Å². The van der Waals surface area contributed by atoms with Crippen LogP contribution < -0.4 is 5.32 Å². The molecule has 1 aliphatic rings. The molecular formula is C13H19NO. The third kappa shape index (κ3) is 2.06. The summed E-state index contributed by atoms with van der Waals surface area (Å²) < 4.78 is 5.81. The molecule has 82 valence electrons.